The minimum atomic E-state index is 0.386. The van der Waals surface area contributed by atoms with Gasteiger partial charge < -0.3 is 0 Å². The van der Waals surface area contributed by atoms with Crippen LogP contribution in [0.2, 0.25) is 0 Å². The number of hydrogen-bond donors (Lipinski definition) is 0. The van der Waals surface area contributed by atoms with E-state index in [2.05, 4.69) is 234 Å². The third kappa shape index (κ3) is 7.13. The van der Waals surface area contributed by atoms with Crippen LogP contribution >= 0.6 is 0 Å². The Morgan fingerprint density at radius 2 is 0.826 bits per heavy atom. The van der Waals surface area contributed by atoms with Crippen molar-refractivity contribution in [3.8, 4) is 79.2 Å². The first kappa shape index (κ1) is 40.3. The van der Waals surface area contributed by atoms with E-state index in [0.29, 0.717) is 5.92 Å². The summed E-state index contributed by atoms with van der Waals surface area (Å²) >= 11 is 0. The second kappa shape index (κ2) is 16.7. The summed E-state index contributed by atoms with van der Waals surface area (Å²) in [4.78, 5) is 21.7. The van der Waals surface area contributed by atoms with Crippen molar-refractivity contribution in [2.45, 2.75) is 13.3 Å². The van der Waals surface area contributed by atoms with E-state index in [9.17, 15) is 0 Å². The standard InChI is InChI=1S/C63H44N6/c1-41-32-35-59-51(36-41)50-34-33-49-48-26-14-15-29-58(48)68(60-30-16-27-52(66-60)56-39-46(42-18-6-2-7-19-42)37-54(64-56)44-22-10-4-11-23-44)62(49)63(50)69(59)61-31-17-28-53(67-61)57-40-47(43-20-8-3-9-21-43)38-55(65-57)45-24-12-5-13-25-45/h2-35,37-41H,36H2,1H3. The second-order valence-electron chi connectivity index (χ2n) is 17.9. The van der Waals surface area contributed by atoms with Gasteiger partial charge in [0.2, 0.25) is 0 Å². The van der Waals surface area contributed by atoms with Gasteiger partial charge in [0.15, 0.2) is 0 Å². The third-order valence-corrected chi connectivity index (χ3v) is 13.5. The quantitative estimate of drug-likeness (QED) is 0.152. The molecular weight excluding hydrogens is 841 g/mol. The zero-order valence-electron chi connectivity index (χ0n) is 37.9. The summed E-state index contributed by atoms with van der Waals surface area (Å²) in [6.45, 7) is 2.30. The number of rotatable bonds is 8. The van der Waals surface area contributed by atoms with Gasteiger partial charge in [-0.15, -0.1) is 0 Å². The highest BCUT2D eigenvalue weighted by Crippen LogP contribution is 2.43. The highest BCUT2D eigenvalue weighted by atomic mass is 15.1. The van der Waals surface area contributed by atoms with Crippen molar-refractivity contribution in [2.75, 3.05) is 0 Å². The normalized spacial score (nSPS) is 13.3. The Morgan fingerprint density at radius 3 is 1.39 bits per heavy atom. The van der Waals surface area contributed by atoms with E-state index in [1.165, 1.54) is 10.9 Å². The maximum atomic E-state index is 5.55. The van der Waals surface area contributed by atoms with Crippen molar-refractivity contribution >= 4 is 38.8 Å². The predicted octanol–water partition coefficient (Wildman–Crippen LogP) is 15.5. The molecule has 1 unspecified atom stereocenters. The smallest absolute Gasteiger partial charge is 0.138 e. The van der Waals surface area contributed by atoms with E-state index in [1.54, 1.807) is 0 Å². The number of aromatic nitrogens is 6. The van der Waals surface area contributed by atoms with Crippen LogP contribution in [0.5, 0.6) is 0 Å². The van der Waals surface area contributed by atoms with Crippen molar-refractivity contribution < 1.29 is 0 Å². The maximum Gasteiger partial charge on any atom is 0.138 e. The van der Waals surface area contributed by atoms with Crippen molar-refractivity contribution in [1.29, 1.82) is 0 Å². The minimum Gasteiger partial charge on any atom is -0.292 e. The molecule has 0 saturated heterocycles. The van der Waals surface area contributed by atoms with Gasteiger partial charge in [-0.05, 0) is 101 Å². The Morgan fingerprint density at radius 1 is 0.362 bits per heavy atom. The Balaban J connectivity index is 1.04. The lowest BCUT2D eigenvalue weighted by Crippen LogP contribution is -2.07. The summed E-state index contributed by atoms with van der Waals surface area (Å²) in [6.07, 6.45) is 5.55. The average Bonchev–Trinajstić information content (AvgIpc) is 3.94. The number of nitrogens with zero attached hydrogens (tertiary/aromatic N) is 6. The van der Waals surface area contributed by atoms with Crippen LogP contribution in [0, 0.1) is 5.92 Å². The monoisotopic (exact) mass is 884 g/mol. The molecule has 1 aliphatic rings. The van der Waals surface area contributed by atoms with Gasteiger partial charge in [0.05, 0.1) is 56.4 Å². The van der Waals surface area contributed by atoms with Crippen LogP contribution < -0.4 is 0 Å². The van der Waals surface area contributed by atoms with Gasteiger partial charge in [0.25, 0.3) is 0 Å². The van der Waals surface area contributed by atoms with E-state index in [-0.39, 0.29) is 0 Å². The van der Waals surface area contributed by atoms with Crippen LogP contribution in [-0.4, -0.2) is 29.1 Å². The number of allylic oxidation sites excluding steroid dienone is 1. The molecule has 6 aromatic heterocycles. The summed E-state index contributed by atoms with van der Waals surface area (Å²) < 4.78 is 4.74. The molecule has 0 amide bonds. The van der Waals surface area contributed by atoms with Gasteiger partial charge in [-0.25, -0.2) is 19.9 Å². The van der Waals surface area contributed by atoms with Gasteiger partial charge in [-0.3, -0.25) is 9.13 Å². The van der Waals surface area contributed by atoms with Crippen LogP contribution in [0.25, 0.3) is 118 Å². The largest absolute Gasteiger partial charge is 0.292 e. The highest BCUT2D eigenvalue weighted by Gasteiger charge is 2.27. The van der Waals surface area contributed by atoms with Gasteiger partial charge in [0.1, 0.15) is 11.6 Å². The number of benzene rings is 6. The molecule has 0 radical (unpaired) electrons. The number of fused-ring (bicyclic) bond motifs is 7. The number of para-hydroxylation sites is 1. The first-order valence-electron chi connectivity index (χ1n) is 23.6. The topological polar surface area (TPSA) is 61.4 Å². The van der Waals surface area contributed by atoms with Gasteiger partial charge in [-0.1, -0.05) is 177 Å². The fraction of sp³-hybridized carbons (Fsp3) is 0.0476. The first-order chi connectivity index (χ1) is 34.1. The van der Waals surface area contributed by atoms with Crippen LogP contribution in [0.1, 0.15) is 18.2 Å². The van der Waals surface area contributed by atoms with Gasteiger partial charge in [-0.2, -0.15) is 0 Å². The molecular formula is C63H44N6. The number of hydrogen-bond acceptors (Lipinski definition) is 4. The molecule has 13 rings (SSSR count). The molecule has 0 saturated carbocycles. The Labute approximate surface area is 400 Å². The van der Waals surface area contributed by atoms with Crippen LogP contribution in [0.15, 0.2) is 224 Å². The zero-order chi connectivity index (χ0) is 45.8. The van der Waals surface area contributed by atoms with Gasteiger partial charge >= 0.3 is 0 Å². The summed E-state index contributed by atoms with van der Waals surface area (Å²) in [6, 6.07) is 76.5. The molecule has 69 heavy (non-hydrogen) atoms. The highest BCUT2D eigenvalue weighted by molar-refractivity contribution is 6.19. The van der Waals surface area contributed by atoms with Gasteiger partial charge in [0, 0.05) is 27.3 Å². The SMILES string of the molecule is CC1C=Cc2c(c3ccc4c5ccccc5n(-c5cccc(-c6cc(-c7ccccc7)cc(-c7ccccc7)n6)n5)c4c3n2-c2cccc(-c3cc(-c4ccccc4)cc(-c4ccccc4)n3)n2)C1. The Kier molecular flexibility index (Phi) is 9.75. The fourth-order valence-electron chi connectivity index (χ4n) is 10.2. The van der Waals surface area contributed by atoms with E-state index >= 15 is 0 Å². The summed E-state index contributed by atoms with van der Waals surface area (Å²) in [5.74, 6) is 2.02. The average molecular weight is 885 g/mol. The molecule has 326 valence electrons. The fourth-order valence-corrected chi connectivity index (χ4v) is 10.2. The first-order valence-corrected chi connectivity index (χ1v) is 23.6. The zero-order valence-corrected chi connectivity index (χ0v) is 37.9. The predicted molar refractivity (Wildman–Crippen MR) is 283 cm³/mol. The van der Waals surface area contributed by atoms with E-state index in [0.717, 1.165) is 119 Å². The Bertz CT molecular complexity index is 3810. The number of pyridine rings is 4. The molecule has 6 nitrogen and oxygen atoms in total. The minimum absolute atomic E-state index is 0.386. The molecule has 0 bridgehead atoms. The van der Waals surface area contributed by atoms with Crippen molar-refractivity contribution in [3.63, 3.8) is 0 Å². The molecule has 6 heteroatoms. The summed E-state index contributed by atoms with van der Waals surface area (Å²) in [7, 11) is 0. The molecule has 0 spiro atoms. The molecule has 6 aromatic carbocycles. The van der Waals surface area contributed by atoms with Crippen molar-refractivity contribution in [1.82, 2.24) is 29.1 Å². The second-order valence-corrected chi connectivity index (χ2v) is 17.9. The lowest BCUT2D eigenvalue weighted by Gasteiger charge is -2.16. The summed E-state index contributed by atoms with van der Waals surface area (Å²) in [5.41, 5.74) is 17.3. The van der Waals surface area contributed by atoms with Crippen molar-refractivity contribution in [2.24, 2.45) is 5.92 Å². The summed E-state index contributed by atoms with van der Waals surface area (Å²) in [5, 5.41) is 3.51. The molecule has 6 heterocycles. The molecule has 12 aromatic rings. The lowest BCUT2D eigenvalue weighted by atomic mass is 9.93. The van der Waals surface area contributed by atoms with E-state index in [4.69, 9.17) is 19.9 Å². The van der Waals surface area contributed by atoms with E-state index in [1.807, 2.05) is 12.1 Å². The Hall–Kier alpha value is -9.00. The van der Waals surface area contributed by atoms with Crippen LogP contribution in [0.4, 0.5) is 0 Å². The van der Waals surface area contributed by atoms with Crippen LogP contribution in [-0.2, 0) is 6.42 Å². The maximum absolute atomic E-state index is 5.55. The van der Waals surface area contributed by atoms with Crippen molar-refractivity contribution in [3.05, 3.63) is 236 Å². The molecule has 1 atom stereocenters. The molecule has 0 N–H and O–H groups in total. The van der Waals surface area contributed by atoms with Crippen LogP contribution in [0.3, 0.4) is 0 Å². The molecule has 1 aliphatic carbocycles. The molecule has 0 aliphatic heterocycles. The lowest BCUT2D eigenvalue weighted by molar-refractivity contribution is 0.717. The molecule has 0 fully saturated rings. The third-order valence-electron chi connectivity index (χ3n) is 13.5. The van der Waals surface area contributed by atoms with E-state index < -0.39 is 0 Å².